The van der Waals surface area contributed by atoms with Crippen LogP contribution >= 0.6 is 35.0 Å². The van der Waals surface area contributed by atoms with Crippen molar-refractivity contribution in [3.63, 3.8) is 0 Å². The molecule has 0 aliphatic heterocycles. The van der Waals surface area contributed by atoms with Gasteiger partial charge in [-0.25, -0.2) is 4.79 Å². The van der Waals surface area contributed by atoms with E-state index in [0.717, 1.165) is 6.42 Å². The minimum Gasteiger partial charge on any atom is -0.462 e. The summed E-state index contributed by atoms with van der Waals surface area (Å²) in [5.74, 6) is -0.447. The van der Waals surface area contributed by atoms with E-state index in [2.05, 4.69) is 20.8 Å². The average molecular weight is 550 g/mol. The van der Waals surface area contributed by atoms with E-state index >= 15 is 0 Å². The van der Waals surface area contributed by atoms with Crippen molar-refractivity contribution in [2.75, 3.05) is 17.7 Å². The summed E-state index contributed by atoms with van der Waals surface area (Å²) in [6, 6.07) is 11.2. The number of aromatic nitrogens is 3. The molecule has 36 heavy (non-hydrogen) atoms. The molecule has 12 heteroatoms. The quantitative estimate of drug-likeness (QED) is 0.260. The van der Waals surface area contributed by atoms with E-state index < -0.39 is 5.97 Å². The van der Waals surface area contributed by atoms with Crippen molar-refractivity contribution in [2.24, 2.45) is 0 Å². The molecule has 0 bridgehead atoms. The molecule has 0 saturated heterocycles. The lowest BCUT2D eigenvalue weighted by Crippen LogP contribution is -2.25. The number of thioether (sulfide) groups is 1. The second-order valence-corrected chi connectivity index (χ2v) is 9.29. The molecule has 0 atom stereocenters. The van der Waals surface area contributed by atoms with Crippen molar-refractivity contribution in [3.05, 3.63) is 69.5 Å². The smallest absolute Gasteiger partial charge is 0.338 e. The van der Waals surface area contributed by atoms with E-state index in [1.165, 1.54) is 17.8 Å². The highest BCUT2D eigenvalue weighted by Crippen LogP contribution is 2.22. The number of benzene rings is 2. The van der Waals surface area contributed by atoms with Crippen molar-refractivity contribution in [1.82, 2.24) is 20.1 Å². The highest BCUT2D eigenvalue weighted by molar-refractivity contribution is 7.99. The Bertz CT molecular complexity index is 1250. The van der Waals surface area contributed by atoms with Crippen molar-refractivity contribution in [1.29, 1.82) is 0 Å². The van der Waals surface area contributed by atoms with Gasteiger partial charge in [-0.05, 0) is 49.7 Å². The molecule has 1 heterocycles. The number of amides is 2. The summed E-state index contributed by atoms with van der Waals surface area (Å²) in [5, 5.41) is 15.1. The number of halogens is 2. The molecule has 1 aromatic heterocycles. The fraction of sp³-hybridized carbons (Fsp3) is 0.292. The topological polar surface area (TPSA) is 115 Å². The molecule has 0 radical (unpaired) electrons. The Morgan fingerprint density at radius 1 is 1.08 bits per heavy atom. The number of nitrogens with zero attached hydrogens (tertiary/aromatic N) is 3. The zero-order valence-electron chi connectivity index (χ0n) is 19.7. The molecular weight excluding hydrogens is 525 g/mol. The van der Waals surface area contributed by atoms with Crippen LogP contribution in [0.1, 0.15) is 46.8 Å². The molecule has 0 unspecified atom stereocenters. The highest BCUT2D eigenvalue weighted by atomic mass is 35.5. The van der Waals surface area contributed by atoms with Gasteiger partial charge in [0.25, 0.3) is 5.91 Å². The van der Waals surface area contributed by atoms with Gasteiger partial charge < -0.3 is 19.9 Å². The molecule has 2 N–H and O–H groups in total. The first-order valence-electron chi connectivity index (χ1n) is 11.2. The molecule has 0 saturated carbocycles. The average Bonchev–Trinajstić information content (AvgIpc) is 3.26. The van der Waals surface area contributed by atoms with Crippen LogP contribution in [0.25, 0.3) is 0 Å². The number of anilines is 1. The Labute approximate surface area is 222 Å². The molecule has 190 valence electrons. The first-order chi connectivity index (χ1) is 17.3. The fourth-order valence-corrected chi connectivity index (χ4v) is 4.45. The molecule has 0 aliphatic rings. The van der Waals surface area contributed by atoms with Crippen LogP contribution in [-0.4, -0.2) is 44.9 Å². The lowest BCUT2D eigenvalue weighted by atomic mass is 10.2. The summed E-state index contributed by atoms with van der Waals surface area (Å²) in [6.07, 6.45) is 0.729. The van der Waals surface area contributed by atoms with Gasteiger partial charge in [-0.15, -0.1) is 10.2 Å². The third kappa shape index (κ3) is 7.46. The van der Waals surface area contributed by atoms with Gasteiger partial charge in [0, 0.05) is 17.3 Å². The SMILES string of the molecule is CCCOC(=O)c1cccc(NC(=O)CSc2nnc(CNC(=O)c3ccc(Cl)cc3Cl)n2CC)c1. The Morgan fingerprint density at radius 2 is 1.89 bits per heavy atom. The van der Waals surface area contributed by atoms with E-state index in [9.17, 15) is 14.4 Å². The minimum atomic E-state index is -0.434. The fourth-order valence-electron chi connectivity index (χ4n) is 3.13. The zero-order chi connectivity index (χ0) is 26.1. The molecule has 9 nitrogen and oxygen atoms in total. The number of nitrogens with one attached hydrogen (secondary N) is 2. The number of ether oxygens (including phenoxy) is 1. The van der Waals surface area contributed by atoms with E-state index in [1.807, 2.05) is 18.4 Å². The summed E-state index contributed by atoms with van der Waals surface area (Å²) in [5.41, 5.74) is 1.16. The van der Waals surface area contributed by atoms with Crippen LogP contribution in [0.4, 0.5) is 5.69 Å². The van der Waals surface area contributed by atoms with Crippen LogP contribution in [0.2, 0.25) is 10.0 Å². The first-order valence-corrected chi connectivity index (χ1v) is 12.9. The van der Waals surface area contributed by atoms with Crippen LogP contribution in [0.3, 0.4) is 0 Å². The maximum Gasteiger partial charge on any atom is 0.338 e. The molecule has 0 fully saturated rings. The molecule has 0 spiro atoms. The van der Waals surface area contributed by atoms with Crippen LogP contribution in [-0.2, 0) is 22.6 Å². The van der Waals surface area contributed by atoms with Gasteiger partial charge >= 0.3 is 5.97 Å². The molecule has 3 aromatic rings. The van der Waals surface area contributed by atoms with Crippen LogP contribution in [0, 0.1) is 0 Å². The third-order valence-corrected chi connectivity index (χ3v) is 6.36. The Hall–Kier alpha value is -3.08. The first kappa shape index (κ1) is 27.5. The standard InChI is InChI=1S/C24H25Cl2N5O4S/c1-3-10-35-23(34)15-6-5-7-17(11-15)28-21(32)14-36-24-30-29-20(31(24)4-2)13-27-22(33)18-9-8-16(25)12-19(18)26/h5-9,11-12H,3-4,10,13-14H2,1-2H3,(H,27,33)(H,28,32). The number of hydrogen-bond donors (Lipinski definition) is 2. The molecular formula is C24H25Cl2N5O4S. The van der Waals surface area contributed by atoms with Crippen LogP contribution < -0.4 is 10.6 Å². The molecule has 2 amide bonds. The van der Waals surface area contributed by atoms with Gasteiger partial charge in [-0.2, -0.15) is 0 Å². The number of esters is 1. The monoisotopic (exact) mass is 549 g/mol. The summed E-state index contributed by atoms with van der Waals surface area (Å²) >= 11 is 13.2. The van der Waals surface area contributed by atoms with Gasteiger partial charge in [-0.3, -0.25) is 9.59 Å². The summed E-state index contributed by atoms with van der Waals surface area (Å²) < 4.78 is 6.94. The van der Waals surface area contributed by atoms with Crippen molar-refractivity contribution < 1.29 is 19.1 Å². The Morgan fingerprint density at radius 3 is 2.61 bits per heavy atom. The predicted octanol–water partition coefficient (Wildman–Crippen LogP) is 4.83. The van der Waals surface area contributed by atoms with Gasteiger partial charge in [0.15, 0.2) is 11.0 Å². The van der Waals surface area contributed by atoms with Crippen LogP contribution in [0.5, 0.6) is 0 Å². The zero-order valence-corrected chi connectivity index (χ0v) is 22.0. The van der Waals surface area contributed by atoms with Crippen molar-refractivity contribution in [2.45, 2.75) is 38.5 Å². The number of hydrogen-bond acceptors (Lipinski definition) is 7. The van der Waals surface area contributed by atoms with E-state index in [0.29, 0.717) is 46.0 Å². The molecule has 2 aromatic carbocycles. The van der Waals surface area contributed by atoms with E-state index in [1.54, 1.807) is 36.4 Å². The summed E-state index contributed by atoms with van der Waals surface area (Å²) in [4.78, 5) is 37.0. The van der Waals surface area contributed by atoms with E-state index in [4.69, 9.17) is 27.9 Å². The van der Waals surface area contributed by atoms with Crippen molar-refractivity contribution in [3.8, 4) is 0 Å². The molecule has 0 aliphatic carbocycles. The number of carbonyl (C=O) groups excluding carboxylic acids is 3. The lowest BCUT2D eigenvalue weighted by molar-refractivity contribution is -0.113. The lowest BCUT2D eigenvalue weighted by Gasteiger charge is -2.10. The molecule has 3 rings (SSSR count). The number of rotatable bonds is 11. The summed E-state index contributed by atoms with van der Waals surface area (Å²) in [7, 11) is 0. The summed E-state index contributed by atoms with van der Waals surface area (Å²) in [6.45, 7) is 4.85. The second-order valence-electron chi connectivity index (χ2n) is 7.50. The van der Waals surface area contributed by atoms with Gasteiger partial charge in [0.1, 0.15) is 0 Å². The maximum absolute atomic E-state index is 12.5. The van der Waals surface area contributed by atoms with Crippen LogP contribution in [0.15, 0.2) is 47.6 Å². The highest BCUT2D eigenvalue weighted by Gasteiger charge is 2.16. The minimum absolute atomic E-state index is 0.0788. The third-order valence-electron chi connectivity index (χ3n) is 4.84. The normalized spacial score (nSPS) is 10.7. The maximum atomic E-state index is 12.5. The van der Waals surface area contributed by atoms with Gasteiger partial charge in [-0.1, -0.05) is 48.0 Å². The Balaban J connectivity index is 1.56. The van der Waals surface area contributed by atoms with Crippen molar-refractivity contribution >= 4 is 58.4 Å². The van der Waals surface area contributed by atoms with Gasteiger partial charge in [0.05, 0.1) is 35.1 Å². The van der Waals surface area contributed by atoms with E-state index in [-0.39, 0.29) is 29.1 Å². The largest absolute Gasteiger partial charge is 0.462 e. The predicted molar refractivity (Wildman–Crippen MR) is 140 cm³/mol. The Kier molecular flexibility index (Phi) is 10.2. The van der Waals surface area contributed by atoms with Gasteiger partial charge in [0.2, 0.25) is 5.91 Å². The second kappa shape index (κ2) is 13.3. The number of carbonyl (C=O) groups is 3.